The highest BCUT2D eigenvalue weighted by atomic mass is 16.4. The van der Waals surface area contributed by atoms with E-state index >= 15 is 0 Å². The number of carboxylic acid groups (broad SMARTS) is 1. The normalized spacial score (nSPS) is 27.2. The van der Waals surface area contributed by atoms with E-state index in [-0.39, 0.29) is 0 Å². The van der Waals surface area contributed by atoms with E-state index in [1.165, 1.54) is 32.1 Å². The van der Waals surface area contributed by atoms with E-state index in [0.717, 1.165) is 38.8 Å². The minimum Gasteiger partial charge on any atom is -0.480 e. The van der Waals surface area contributed by atoms with Crippen molar-refractivity contribution in [3.05, 3.63) is 0 Å². The summed E-state index contributed by atoms with van der Waals surface area (Å²) < 4.78 is 0. The van der Waals surface area contributed by atoms with E-state index in [1.807, 2.05) is 0 Å². The van der Waals surface area contributed by atoms with Crippen LogP contribution in [0.15, 0.2) is 0 Å². The fourth-order valence-electron chi connectivity index (χ4n) is 3.30. The van der Waals surface area contributed by atoms with E-state index in [2.05, 4.69) is 4.90 Å². The highest BCUT2D eigenvalue weighted by molar-refractivity contribution is 5.79. The predicted molar refractivity (Wildman–Crippen MR) is 63.5 cm³/mol. The largest absolute Gasteiger partial charge is 0.480 e. The van der Waals surface area contributed by atoms with Gasteiger partial charge in [-0.1, -0.05) is 32.1 Å². The number of carboxylic acids is 1. The van der Waals surface area contributed by atoms with E-state index < -0.39 is 11.5 Å². The lowest BCUT2D eigenvalue weighted by Gasteiger charge is -2.38. The van der Waals surface area contributed by atoms with E-state index in [0.29, 0.717) is 0 Å². The van der Waals surface area contributed by atoms with Crippen molar-refractivity contribution in [2.45, 2.75) is 63.3 Å². The average Bonchev–Trinajstić information content (AvgIpc) is 2.66. The maximum atomic E-state index is 11.6. The molecule has 2 fully saturated rings. The number of rotatable bonds is 2. The Hall–Kier alpha value is -0.570. The highest BCUT2D eigenvalue weighted by Crippen LogP contribution is 2.36. The molecule has 0 amide bonds. The van der Waals surface area contributed by atoms with Crippen LogP contribution in [0.25, 0.3) is 0 Å². The van der Waals surface area contributed by atoms with Crippen LogP contribution >= 0.6 is 0 Å². The van der Waals surface area contributed by atoms with Crippen molar-refractivity contribution in [2.24, 2.45) is 0 Å². The van der Waals surface area contributed by atoms with Gasteiger partial charge in [0.15, 0.2) is 0 Å². The fourth-order valence-corrected chi connectivity index (χ4v) is 3.30. The molecular weight excluding hydrogens is 202 g/mol. The first-order valence-electron chi connectivity index (χ1n) is 6.74. The molecule has 0 atom stereocenters. The number of carbonyl (C=O) groups is 1. The van der Waals surface area contributed by atoms with Crippen molar-refractivity contribution in [3.63, 3.8) is 0 Å². The first kappa shape index (κ1) is 11.9. The SMILES string of the molecule is O=C(O)C1(N2CCCCCCC2)CCCC1. The summed E-state index contributed by atoms with van der Waals surface area (Å²) in [5.41, 5.74) is -0.503. The third-order valence-electron chi connectivity index (χ3n) is 4.29. The lowest BCUT2D eigenvalue weighted by atomic mass is 9.93. The van der Waals surface area contributed by atoms with Crippen molar-refractivity contribution in [3.8, 4) is 0 Å². The van der Waals surface area contributed by atoms with Gasteiger partial charge in [0, 0.05) is 0 Å². The number of nitrogens with zero attached hydrogens (tertiary/aromatic N) is 1. The van der Waals surface area contributed by atoms with Crippen LogP contribution in [0.4, 0.5) is 0 Å². The fraction of sp³-hybridized carbons (Fsp3) is 0.923. The van der Waals surface area contributed by atoms with Gasteiger partial charge in [0.25, 0.3) is 0 Å². The Kier molecular flexibility index (Phi) is 3.85. The second-order valence-corrected chi connectivity index (χ2v) is 5.30. The Morgan fingerprint density at radius 3 is 1.88 bits per heavy atom. The van der Waals surface area contributed by atoms with Crippen LogP contribution < -0.4 is 0 Å². The van der Waals surface area contributed by atoms with Crippen LogP contribution in [0.2, 0.25) is 0 Å². The molecule has 0 radical (unpaired) electrons. The van der Waals surface area contributed by atoms with Gasteiger partial charge in [0.1, 0.15) is 5.54 Å². The van der Waals surface area contributed by atoms with Crippen molar-refractivity contribution in [2.75, 3.05) is 13.1 Å². The van der Waals surface area contributed by atoms with Gasteiger partial charge in [-0.2, -0.15) is 0 Å². The second kappa shape index (κ2) is 5.17. The number of hydrogen-bond acceptors (Lipinski definition) is 2. The molecular formula is C13H23NO2. The predicted octanol–water partition coefficient (Wildman–Crippen LogP) is 2.65. The van der Waals surface area contributed by atoms with Gasteiger partial charge in [-0.05, 0) is 38.8 Å². The standard InChI is InChI=1S/C13H23NO2/c15-12(16)13(8-4-5-9-13)14-10-6-2-1-3-7-11-14/h1-11H2,(H,15,16). The molecule has 1 saturated heterocycles. The van der Waals surface area contributed by atoms with Crippen LogP contribution in [0, 0.1) is 0 Å². The Labute approximate surface area is 97.8 Å². The Balaban J connectivity index is 2.08. The third-order valence-corrected chi connectivity index (χ3v) is 4.29. The minimum atomic E-state index is -0.578. The van der Waals surface area contributed by atoms with Crippen LogP contribution in [0.3, 0.4) is 0 Å². The van der Waals surface area contributed by atoms with Gasteiger partial charge in [-0.25, -0.2) is 0 Å². The van der Waals surface area contributed by atoms with Crippen molar-refractivity contribution < 1.29 is 9.90 Å². The molecule has 0 aromatic rings. The molecule has 0 spiro atoms. The molecule has 2 aliphatic rings. The van der Waals surface area contributed by atoms with Gasteiger partial charge in [0.2, 0.25) is 0 Å². The summed E-state index contributed by atoms with van der Waals surface area (Å²) in [5, 5.41) is 9.54. The molecule has 0 aromatic heterocycles. The maximum Gasteiger partial charge on any atom is 0.324 e. The first-order chi connectivity index (χ1) is 7.76. The summed E-state index contributed by atoms with van der Waals surface area (Å²) in [7, 11) is 0. The lowest BCUT2D eigenvalue weighted by Crippen LogP contribution is -2.53. The number of hydrogen-bond donors (Lipinski definition) is 1. The van der Waals surface area contributed by atoms with Crippen LogP contribution in [-0.4, -0.2) is 34.6 Å². The summed E-state index contributed by atoms with van der Waals surface area (Å²) in [6, 6.07) is 0. The smallest absolute Gasteiger partial charge is 0.324 e. The van der Waals surface area contributed by atoms with E-state index in [9.17, 15) is 9.90 Å². The molecule has 0 bridgehead atoms. The van der Waals surface area contributed by atoms with Crippen molar-refractivity contribution >= 4 is 5.97 Å². The van der Waals surface area contributed by atoms with Gasteiger partial charge in [-0.15, -0.1) is 0 Å². The molecule has 3 heteroatoms. The van der Waals surface area contributed by atoms with Crippen LogP contribution in [-0.2, 0) is 4.79 Å². The lowest BCUT2D eigenvalue weighted by molar-refractivity contribution is -0.151. The third kappa shape index (κ3) is 2.24. The number of likely N-dealkylation sites (tertiary alicyclic amines) is 1. The molecule has 2 rings (SSSR count). The van der Waals surface area contributed by atoms with Gasteiger partial charge >= 0.3 is 5.97 Å². The number of aliphatic carboxylic acids is 1. The van der Waals surface area contributed by atoms with Gasteiger partial charge < -0.3 is 5.11 Å². The molecule has 1 aliphatic carbocycles. The van der Waals surface area contributed by atoms with Crippen LogP contribution in [0.1, 0.15) is 57.8 Å². The van der Waals surface area contributed by atoms with Crippen LogP contribution in [0.5, 0.6) is 0 Å². The summed E-state index contributed by atoms with van der Waals surface area (Å²) in [6.07, 6.45) is 10.1. The van der Waals surface area contributed by atoms with Crippen molar-refractivity contribution in [1.82, 2.24) is 4.90 Å². The molecule has 1 aliphatic heterocycles. The highest BCUT2D eigenvalue weighted by Gasteiger charge is 2.45. The zero-order valence-electron chi connectivity index (χ0n) is 10.1. The molecule has 0 aromatic carbocycles. The van der Waals surface area contributed by atoms with Gasteiger partial charge in [-0.3, -0.25) is 9.69 Å². The van der Waals surface area contributed by atoms with Crippen molar-refractivity contribution in [1.29, 1.82) is 0 Å². The molecule has 0 unspecified atom stereocenters. The summed E-state index contributed by atoms with van der Waals surface area (Å²) >= 11 is 0. The van der Waals surface area contributed by atoms with E-state index in [1.54, 1.807) is 0 Å². The molecule has 92 valence electrons. The average molecular weight is 225 g/mol. The summed E-state index contributed by atoms with van der Waals surface area (Å²) in [5.74, 6) is -0.578. The summed E-state index contributed by atoms with van der Waals surface area (Å²) in [6.45, 7) is 1.98. The monoisotopic (exact) mass is 225 g/mol. The molecule has 16 heavy (non-hydrogen) atoms. The Morgan fingerprint density at radius 1 is 0.875 bits per heavy atom. The molecule has 1 heterocycles. The first-order valence-corrected chi connectivity index (χ1v) is 6.74. The molecule has 1 N–H and O–H groups in total. The van der Waals surface area contributed by atoms with E-state index in [4.69, 9.17) is 0 Å². The zero-order chi connectivity index (χ0) is 11.4. The van der Waals surface area contributed by atoms with Gasteiger partial charge in [0.05, 0.1) is 0 Å². The summed E-state index contributed by atoms with van der Waals surface area (Å²) in [4.78, 5) is 13.9. The second-order valence-electron chi connectivity index (χ2n) is 5.30. The zero-order valence-corrected chi connectivity index (χ0v) is 10.1. The quantitative estimate of drug-likeness (QED) is 0.785. The Bertz CT molecular complexity index is 238. The maximum absolute atomic E-state index is 11.6. The Morgan fingerprint density at radius 2 is 1.38 bits per heavy atom. The molecule has 1 saturated carbocycles. The topological polar surface area (TPSA) is 40.5 Å². The minimum absolute atomic E-state index is 0.503. The molecule has 3 nitrogen and oxygen atoms in total.